The summed E-state index contributed by atoms with van der Waals surface area (Å²) in [6.45, 7) is 2.69. The van der Waals surface area contributed by atoms with Gasteiger partial charge in [0.05, 0.1) is 0 Å². The highest BCUT2D eigenvalue weighted by Crippen LogP contribution is 2.16. The fourth-order valence-electron chi connectivity index (χ4n) is 1.57. The van der Waals surface area contributed by atoms with E-state index >= 15 is 0 Å². The Balaban J connectivity index is 1.88. The first-order chi connectivity index (χ1) is 7.65. The summed E-state index contributed by atoms with van der Waals surface area (Å²) in [4.78, 5) is 17.4. The number of carbonyl (C=O) groups excluding carboxylic acids is 1. The minimum Gasteiger partial charge on any atom is -0.324 e. The number of piperidine rings is 1. The molecule has 0 spiro atoms. The van der Waals surface area contributed by atoms with Crippen LogP contribution in [-0.4, -0.2) is 39.5 Å². The molecule has 2 amide bonds. The van der Waals surface area contributed by atoms with Gasteiger partial charge in [0.15, 0.2) is 0 Å². The van der Waals surface area contributed by atoms with Crippen LogP contribution in [0.3, 0.4) is 0 Å². The lowest BCUT2D eigenvalue weighted by atomic mass is 10.1. The number of alkyl halides is 1. The number of anilines is 1. The lowest BCUT2D eigenvalue weighted by Crippen LogP contribution is -2.41. The maximum absolute atomic E-state index is 12.9. The van der Waals surface area contributed by atoms with Crippen molar-refractivity contribution in [2.45, 2.75) is 25.9 Å². The minimum atomic E-state index is -0.771. The van der Waals surface area contributed by atoms with Crippen LogP contribution in [0.5, 0.6) is 0 Å². The van der Waals surface area contributed by atoms with Crippen molar-refractivity contribution in [2.24, 2.45) is 0 Å². The average Bonchev–Trinajstić information content (AvgIpc) is 2.65. The van der Waals surface area contributed by atoms with Crippen LogP contribution in [0.25, 0.3) is 0 Å². The highest BCUT2D eigenvalue weighted by atomic mass is 32.1. The molecule has 0 saturated carbocycles. The monoisotopic (exact) mass is 244 g/mol. The molecule has 1 aromatic rings. The Morgan fingerprint density at radius 3 is 2.81 bits per heavy atom. The molecule has 88 valence electrons. The molecule has 0 radical (unpaired) electrons. The lowest BCUT2D eigenvalue weighted by Gasteiger charge is -2.28. The molecule has 7 heteroatoms. The molecule has 2 rings (SSSR count). The standard InChI is InChI=1S/C9H13FN4OS/c1-6-11-8(16-13-6)12-9(15)14-4-2-7(10)3-5-14/h7H,2-5H2,1H3,(H,11,12,13,15). The zero-order valence-electron chi connectivity index (χ0n) is 8.94. The summed E-state index contributed by atoms with van der Waals surface area (Å²) in [5.41, 5.74) is 0. The van der Waals surface area contributed by atoms with Crippen LogP contribution in [-0.2, 0) is 0 Å². The SMILES string of the molecule is Cc1nsc(NC(=O)N2CCC(F)CC2)n1. The van der Waals surface area contributed by atoms with E-state index in [1.54, 1.807) is 11.8 Å². The number of aryl methyl sites for hydroxylation is 1. The van der Waals surface area contributed by atoms with E-state index in [2.05, 4.69) is 14.7 Å². The number of hydrogen-bond donors (Lipinski definition) is 1. The number of halogens is 1. The predicted molar refractivity (Wildman–Crippen MR) is 59.4 cm³/mol. The zero-order chi connectivity index (χ0) is 11.5. The summed E-state index contributed by atoms with van der Waals surface area (Å²) in [6, 6.07) is -0.219. The van der Waals surface area contributed by atoms with E-state index in [4.69, 9.17) is 0 Å². The van der Waals surface area contributed by atoms with E-state index in [1.165, 1.54) is 0 Å². The molecule has 16 heavy (non-hydrogen) atoms. The Labute approximate surface area is 96.8 Å². The van der Waals surface area contributed by atoms with Gasteiger partial charge in [0.1, 0.15) is 12.0 Å². The predicted octanol–water partition coefficient (Wildman–Crippen LogP) is 1.81. The van der Waals surface area contributed by atoms with Gasteiger partial charge in [0.25, 0.3) is 0 Å². The molecule has 0 bridgehead atoms. The number of carbonyl (C=O) groups is 1. The van der Waals surface area contributed by atoms with Crippen LogP contribution in [0, 0.1) is 6.92 Å². The second-order valence-electron chi connectivity index (χ2n) is 3.74. The molecule has 1 aliphatic heterocycles. The minimum absolute atomic E-state index is 0.219. The molecular weight excluding hydrogens is 231 g/mol. The molecule has 5 nitrogen and oxygen atoms in total. The first-order valence-electron chi connectivity index (χ1n) is 5.15. The number of amides is 2. The third-order valence-electron chi connectivity index (χ3n) is 2.45. The van der Waals surface area contributed by atoms with Gasteiger partial charge in [-0.3, -0.25) is 5.32 Å². The zero-order valence-corrected chi connectivity index (χ0v) is 9.76. The normalized spacial score (nSPS) is 17.5. The summed E-state index contributed by atoms with van der Waals surface area (Å²) >= 11 is 1.15. The number of nitrogens with zero attached hydrogens (tertiary/aromatic N) is 3. The van der Waals surface area contributed by atoms with Crippen LogP contribution in [0.1, 0.15) is 18.7 Å². The number of likely N-dealkylation sites (tertiary alicyclic amines) is 1. The van der Waals surface area contributed by atoms with Crippen LogP contribution in [0.2, 0.25) is 0 Å². The maximum atomic E-state index is 12.9. The van der Waals surface area contributed by atoms with Crippen LogP contribution >= 0.6 is 11.5 Å². The van der Waals surface area contributed by atoms with Crippen molar-refractivity contribution >= 4 is 22.7 Å². The average molecular weight is 244 g/mol. The Kier molecular flexibility index (Phi) is 3.33. The van der Waals surface area contributed by atoms with Crippen molar-refractivity contribution in [1.29, 1.82) is 0 Å². The fraction of sp³-hybridized carbons (Fsp3) is 0.667. The summed E-state index contributed by atoms with van der Waals surface area (Å²) in [5, 5.41) is 3.15. The van der Waals surface area contributed by atoms with Crippen molar-refractivity contribution < 1.29 is 9.18 Å². The molecule has 1 aliphatic rings. The number of nitrogens with one attached hydrogen (secondary N) is 1. The first kappa shape index (κ1) is 11.3. The van der Waals surface area contributed by atoms with Crippen molar-refractivity contribution in [1.82, 2.24) is 14.3 Å². The smallest absolute Gasteiger partial charge is 0.323 e. The largest absolute Gasteiger partial charge is 0.324 e. The molecule has 0 unspecified atom stereocenters. The second-order valence-corrected chi connectivity index (χ2v) is 4.49. The molecule has 1 saturated heterocycles. The fourth-order valence-corrected chi connectivity index (χ4v) is 2.13. The van der Waals surface area contributed by atoms with Gasteiger partial charge in [-0.25, -0.2) is 14.2 Å². The van der Waals surface area contributed by atoms with Crippen molar-refractivity contribution in [3.05, 3.63) is 5.82 Å². The number of hydrogen-bond acceptors (Lipinski definition) is 4. The van der Waals surface area contributed by atoms with Gasteiger partial charge in [-0.2, -0.15) is 4.37 Å². The molecule has 2 heterocycles. The van der Waals surface area contributed by atoms with E-state index in [1.807, 2.05) is 0 Å². The number of urea groups is 1. The number of rotatable bonds is 1. The van der Waals surface area contributed by atoms with E-state index in [0.717, 1.165) is 11.5 Å². The van der Waals surface area contributed by atoms with E-state index in [0.29, 0.717) is 36.9 Å². The van der Waals surface area contributed by atoms with Crippen molar-refractivity contribution in [2.75, 3.05) is 18.4 Å². The Bertz CT molecular complexity index is 375. The summed E-state index contributed by atoms with van der Waals surface area (Å²) < 4.78 is 16.8. The van der Waals surface area contributed by atoms with Gasteiger partial charge in [-0.15, -0.1) is 0 Å². The molecule has 1 fully saturated rings. The topological polar surface area (TPSA) is 58.1 Å². The molecule has 1 aromatic heterocycles. The Hall–Kier alpha value is -1.24. The highest BCUT2D eigenvalue weighted by Gasteiger charge is 2.22. The molecule has 0 aliphatic carbocycles. The van der Waals surface area contributed by atoms with E-state index in [-0.39, 0.29) is 6.03 Å². The van der Waals surface area contributed by atoms with Gasteiger partial charge in [-0.1, -0.05) is 0 Å². The van der Waals surface area contributed by atoms with Crippen LogP contribution in [0.15, 0.2) is 0 Å². The van der Waals surface area contributed by atoms with Crippen LogP contribution < -0.4 is 5.32 Å². The third kappa shape index (κ3) is 2.66. The molecule has 1 N–H and O–H groups in total. The molecular formula is C9H13FN4OS. The van der Waals surface area contributed by atoms with Gasteiger partial charge in [0, 0.05) is 24.6 Å². The highest BCUT2D eigenvalue weighted by molar-refractivity contribution is 7.09. The van der Waals surface area contributed by atoms with E-state index in [9.17, 15) is 9.18 Å². The van der Waals surface area contributed by atoms with Crippen molar-refractivity contribution in [3.8, 4) is 0 Å². The summed E-state index contributed by atoms with van der Waals surface area (Å²) in [7, 11) is 0. The lowest BCUT2D eigenvalue weighted by molar-refractivity contribution is 0.162. The quantitative estimate of drug-likeness (QED) is 0.819. The Morgan fingerprint density at radius 1 is 1.56 bits per heavy atom. The third-order valence-corrected chi connectivity index (χ3v) is 3.17. The maximum Gasteiger partial charge on any atom is 0.323 e. The Morgan fingerprint density at radius 2 is 2.25 bits per heavy atom. The van der Waals surface area contributed by atoms with Gasteiger partial charge < -0.3 is 4.90 Å². The van der Waals surface area contributed by atoms with Crippen LogP contribution in [0.4, 0.5) is 14.3 Å². The first-order valence-corrected chi connectivity index (χ1v) is 5.93. The van der Waals surface area contributed by atoms with Gasteiger partial charge in [-0.05, 0) is 19.8 Å². The number of aromatic nitrogens is 2. The summed E-state index contributed by atoms with van der Waals surface area (Å²) in [5.74, 6) is 0.641. The second kappa shape index (κ2) is 4.73. The molecule has 0 aromatic carbocycles. The van der Waals surface area contributed by atoms with Crippen molar-refractivity contribution in [3.63, 3.8) is 0 Å². The molecule has 0 atom stereocenters. The summed E-state index contributed by atoms with van der Waals surface area (Å²) in [6.07, 6.45) is 0.0679. The van der Waals surface area contributed by atoms with E-state index < -0.39 is 6.17 Å². The van der Waals surface area contributed by atoms with Gasteiger partial charge >= 0.3 is 6.03 Å². The van der Waals surface area contributed by atoms with Gasteiger partial charge in [0.2, 0.25) is 5.13 Å².